The fourth-order valence-electron chi connectivity index (χ4n) is 4.54. The molecular formula is C27H26ClFN4O3. The van der Waals surface area contributed by atoms with Crippen LogP contribution in [-0.2, 0) is 11.3 Å². The molecule has 2 amide bonds. The van der Waals surface area contributed by atoms with Gasteiger partial charge in [0.1, 0.15) is 11.2 Å². The molecule has 1 atom stereocenters. The number of carbonyl (C=O) groups is 2. The van der Waals surface area contributed by atoms with Crippen LogP contribution in [-0.4, -0.2) is 27.4 Å². The minimum Gasteiger partial charge on any atom is -0.353 e. The van der Waals surface area contributed by atoms with Gasteiger partial charge in [-0.2, -0.15) is 0 Å². The third-order valence-corrected chi connectivity index (χ3v) is 6.60. The van der Waals surface area contributed by atoms with Crippen molar-refractivity contribution >= 4 is 34.4 Å². The van der Waals surface area contributed by atoms with E-state index in [0.717, 1.165) is 31.7 Å². The maximum absolute atomic E-state index is 14.1. The molecule has 4 rings (SSSR count). The number of aromatic nitrogens is 2. The number of benzene rings is 1. The molecule has 2 aromatic heterocycles. The van der Waals surface area contributed by atoms with Crippen molar-refractivity contribution in [2.45, 2.75) is 57.2 Å². The van der Waals surface area contributed by atoms with Crippen molar-refractivity contribution in [1.29, 1.82) is 0 Å². The number of carbonyl (C=O) groups excluding carboxylic acids is 2. The molecule has 1 aliphatic carbocycles. The summed E-state index contributed by atoms with van der Waals surface area (Å²) < 4.78 is 15.5. The second-order valence-electron chi connectivity index (χ2n) is 8.88. The van der Waals surface area contributed by atoms with Gasteiger partial charge >= 0.3 is 0 Å². The molecular weight excluding hydrogens is 483 g/mol. The lowest BCUT2D eigenvalue weighted by atomic mass is 9.95. The topological polar surface area (TPSA) is 93.1 Å². The third-order valence-electron chi connectivity index (χ3n) is 6.33. The Morgan fingerprint density at radius 3 is 2.64 bits per heavy atom. The minimum atomic E-state index is -0.882. The van der Waals surface area contributed by atoms with Gasteiger partial charge in [-0.25, -0.2) is 9.37 Å². The van der Waals surface area contributed by atoms with Crippen molar-refractivity contribution in [3.8, 4) is 12.3 Å². The lowest BCUT2D eigenvalue weighted by Gasteiger charge is -2.25. The quantitative estimate of drug-likeness (QED) is 0.370. The van der Waals surface area contributed by atoms with Crippen LogP contribution in [0.1, 0.15) is 60.5 Å². The number of rotatable bonds is 7. The van der Waals surface area contributed by atoms with Gasteiger partial charge in [0.25, 0.3) is 5.91 Å². The highest BCUT2D eigenvalue weighted by Crippen LogP contribution is 2.21. The van der Waals surface area contributed by atoms with Gasteiger partial charge < -0.3 is 15.2 Å². The molecule has 0 spiro atoms. The molecule has 7 nitrogen and oxygen atoms in total. The first-order valence-corrected chi connectivity index (χ1v) is 12.2. The summed E-state index contributed by atoms with van der Waals surface area (Å²) in [7, 11) is 0. The molecule has 3 aromatic rings. The van der Waals surface area contributed by atoms with Crippen molar-refractivity contribution < 1.29 is 14.0 Å². The van der Waals surface area contributed by atoms with Gasteiger partial charge in [0.2, 0.25) is 11.3 Å². The first kappa shape index (κ1) is 25.4. The number of amides is 2. The molecule has 36 heavy (non-hydrogen) atoms. The van der Waals surface area contributed by atoms with Crippen LogP contribution in [0.2, 0.25) is 5.15 Å². The Bertz CT molecular complexity index is 1380. The summed E-state index contributed by atoms with van der Waals surface area (Å²) in [6.07, 6.45) is 11.9. The van der Waals surface area contributed by atoms with Crippen LogP contribution >= 0.6 is 11.6 Å². The molecule has 1 fully saturated rings. The number of hydrogen-bond donors (Lipinski definition) is 2. The van der Waals surface area contributed by atoms with E-state index in [-0.39, 0.29) is 41.5 Å². The van der Waals surface area contributed by atoms with E-state index in [1.807, 2.05) is 18.2 Å². The lowest BCUT2D eigenvalue weighted by Crippen LogP contribution is -2.40. The van der Waals surface area contributed by atoms with Crippen LogP contribution in [0.15, 0.2) is 47.4 Å². The molecule has 2 heterocycles. The van der Waals surface area contributed by atoms with E-state index in [4.69, 9.17) is 18.0 Å². The summed E-state index contributed by atoms with van der Waals surface area (Å²) in [4.78, 5) is 43.2. The number of terminal acetylenes is 1. The largest absolute Gasteiger partial charge is 0.353 e. The van der Waals surface area contributed by atoms with E-state index in [1.54, 1.807) is 12.1 Å². The predicted octanol–water partition coefficient (Wildman–Crippen LogP) is 4.13. The smallest absolute Gasteiger partial charge is 0.257 e. The first-order valence-electron chi connectivity index (χ1n) is 11.8. The minimum absolute atomic E-state index is 0.00414. The van der Waals surface area contributed by atoms with E-state index in [1.165, 1.54) is 17.2 Å². The zero-order chi connectivity index (χ0) is 25.7. The van der Waals surface area contributed by atoms with E-state index in [9.17, 15) is 18.8 Å². The average molecular weight is 509 g/mol. The highest BCUT2D eigenvalue weighted by Gasteiger charge is 2.24. The summed E-state index contributed by atoms with van der Waals surface area (Å²) in [6, 6.07) is 9.45. The Balaban J connectivity index is 1.64. The number of hydrogen-bond acceptors (Lipinski definition) is 4. The Labute approximate surface area is 213 Å². The van der Waals surface area contributed by atoms with Crippen LogP contribution in [0.25, 0.3) is 11.0 Å². The van der Waals surface area contributed by atoms with Crippen LogP contribution in [0.4, 0.5) is 4.39 Å². The fraction of sp³-hybridized carbons (Fsp3) is 0.333. The number of nitrogens with one attached hydrogen (secondary N) is 2. The highest BCUT2D eigenvalue weighted by molar-refractivity contribution is 6.29. The normalized spacial score (nSPS) is 14.7. The second kappa shape index (κ2) is 11.4. The predicted molar refractivity (Wildman–Crippen MR) is 136 cm³/mol. The second-order valence-corrected chi connectivity index (χ2v) is 9.24. The molecule has 0 bridgehead atoms. The number of nitrogens with zero attached hydrogens (tertiary/aromatic N) is 2. The Hall–Kier alpha value is -3.70. The van der Waals surface area contributed by atoms with E-state index >= 15 is 0 Å². The zero-order valence-corrected chi connectivity index (χ0v) is 20.4. The fourth-order valence-corrected chi connectivity index (χ4v) is 4.67. The molecule has 2 N–H and O–H groups in total. The van der Waals surface area contributed by atoms with Crippen LogP contribution in [0.3, 0.4) is 0 Å². The monoisotopic (exact) mass is 508 g/mol. The average Bonchev–Trinajstić information content (AvgIpc) is 2.87. The van der Waals surface area contributed by atoms with Crippen molar-refractivity contribution in [3.05, 3.63) is 74.9 Å². The van der Waals surface area contributed by atoms with Gasteiger partial charge in [-0.05, 0) is 24.5 Å². The van der Waals surface area contributed by atoms with Crippen molar-refractivity contribution in [2.24, 2.45) is 0 Å². The van der Waals surface area contributed by atoms with Crippen molar-refractivity contribution in [2.75, 3.05) is 0 Å². The maximum atomic E-state index is 14.1. The van der Waals surface area contributed by atoms with Crippen LogP contribution < -0.4 is 16.1 Å². The summed E-state index contributed by atoms with van der Waals surface area (Å²) in [5.41, 5.74) is -0.159. The summed E-state index contributed by atoms with van der Waals surface area (Å²) in [6.45, 7) is -0.0159. The molecule has 1 unspecified atom stereocenters. The van der Waals surface area contributed by atoms with Crippen LogP contribution in [0.5, 0.6) is 0 Å². The van der Waals surface area contributed by atoms with E-state index in [2.05, 4.69) is 21.5 Å². The molecule has 1 aliphatic rings. The van der Waals surface area contributed by atoms with Gasteiger partial charge in [-0.3, -0.25) is 14.4 Å². The molecule has 0 saturated heterocycles. The number of halogens is 2. The first-order chi connectivity index (χ1) is 17.4. The van der Waals surface area contributed by atoms with Crippen molar-refractivity contribution in [3.63, 3.8) is 0 Å². The summed E-state index contributed by atoms with van der Waals surface area (Å²) >= 11 is 5.80. The number of fused-ring (bicyclic) bond motifs is 1. The highest BCUT2D eigenvalue weighted by atomic mass is 35.5. The van der Waals surface area contributed by atoms with Gasteiger partial charge in [0, 0.05) is 12.2 Å². The summed E-state index contributed by atoms with van der Waals surface area (Å²) in [5.74, 6) is 0.658. The van der Waals surface area contributed by atoms with Crippen LogP contribution in [0, 0.1) is 18.2 Å². The third kappa shape index (κ3) is 5.74. The summed E-state index contributed by atoms with van der Waals surface area (Å²) in [5, 5.41) is 5.35. The number of pyridine rings is 2. The molecule has 1 saturated carbocycles. The van der Waals surface area contributed by atoms with Gasteiger partial charge in [0.05, 0.1) is 24.4 Å². The Morgan fingerprint density at radius 1 is 1.22 bits per heavy atom. The lowest BCUT2D eigenvalue weighted by molar-refractivity contribution is -0.122. The molecule has 186 valence electrons. The van der Waals surface area contributed by atoms with Gasteiger partial charge in [-0.1, -0.05) is 67.1 Å². The van der Waals surface area contributed by atoms with E-state index in [0.29, 0.717) is 5.56 Å². The molecule has 9 heteroatoms. The maximum Gasteiger partial charge on any atom is 0.257 e. The Kier molecular flexibility index (Phi) is 8.01. The zero-order valence-electron chi connectivity index (χ0n) is 19.6. The van der Waals surface area contributed by atoms with Crippen molar-refractivity contribution in [1.82, 2.24) is 20.2 Å². The molecule has 0 aliphatic heterocycles. The van der Waals surface area contributed by atoms with E-state index < -0.39 is 28.3 Å². The van der Waals surface area contributed by atoms with Gasteiger partial charge in [-0.15, -0.1) is 6.42 Å². The molecule has 0 radical (unpaired) electrons. The Morgan fingerprint density at radius 2 is 1.94 bits per heavy atom. The molecule has 1 aromatic carbocycles. The standard InChI is InChI=1S/C27H26ClFN4O3/c1-2-13-33-16-20(24(35)19-14-21(29)25(28)32-26(19)33)27(36)31-22(17-9-5-3-6-10-17)15-23(34)30-18-11-7-4-8-12-18/h1,3,5-6,9-10,14,16,18,22H,4,7-8,11-13,15H2,(H,30,34)(H,31,36). The van der Waals surface area contributed by atoms with Gasteiger partial charge in [0.15, 0.2) is 11.0 Å². The SMILES string of the molecule is C#CCn1cc(C(=O)NC(CC(=O)NC2CCCCC2)c2ccccc2)c(=O)c2cc(F)c(Cl)nc21.